The molecule has 1 aliphatic rings. The third-order valence-corrected chi connectivity index (χ3v) is 2.36. The van der Waals surface area contributed by atoms with Crippen LogP contribution < -0.4 is 5.32 Å². The van der Waals surface area contributed by atoms with E-state index in [9.17, 15) is 0 Å². The summed E-state index contributed by atoms with van der Waals surface area (Å²) in [5.41, 5.74) is 0. The van der Waals surface area contributed by atoms with Gasteiger partial charge in [0.15, 0.2) is 0 Å². The van der Waals surface area contributed by atoms with Crippen LogP contribution >= 0.6 is 0 Å². The van der Waals surface area contributed by atoms with Gasteiger partial charge >= 0.3 is 0 Å². The predicted octanol–water partition coefficient (Wildman–Crippen LogP) is 1.04. The van der Waals surface area contributed by atoms with Crippen molar-refractivity contribution in [2.75, 3.05) is 20.8 Å². The van der Waals surface area contributed by atoms with Gasteiger partial charge in [-0.05, 0) is 26.9 Å². The first-order chi connectivity index (χ1) is 4.84. The molecule has 0 heterocycles. The summed E-state index contributed by atoms with van der Waals surface area (Å²) in [7, 11) is 4.21. The molecular formula is C8H18N2. The standard InChI is InChI=1S/C8H18N2/c1-9-7-10(2)8-5-3-4-6-8/h8-9H,3-7H2,1-2H3. The van der Waals surface area contributed by atoms with E-state index in [1.165, 1.54) is 25.7 Å². The van der Waals surface area contributed by atoms with Crippen molar-refractivity contribution in [2.45, 2.75) is 31.7 Å². The van der Waals surface area contributed by atoms with E-state index in [1.54, 1.807) is 0 Å². The van der Waals surface area contributed by atoms with E-state index in [1.807, 2.05) is 7.05 Å². The fourth-order valence-corrected chi connectivity index (χ4v) is 1.72. The lowest BCUT2D eigenvalue weighted by atomic mass is 10.2. The molecule has 0 aromatic heterocycles. The predicted molar refractivity (Wildman–Crippen MR) is 43.9 cm³/mol. The lowest BCUT2D eigenvalue weighted by molar-refractivity contribution is 0.234. The van der Waals surface area contributed by atoms with Crippen LogP contribution in [0.4, 0.5) is 0 Å². The maximum absolute atomic E-state index is 3.17. The van der Waals surface area contributed by atoms with Crippen LogP contribution in [-0.2, 0) is 0 Å². The third-order valence-electron chi connectivity index (χ3n) is 2.36. The van der Waals surface area contributed by atoms with Crippen LogP contribution in [0.1, 0.15) is 25.7 Å². The Morgan fingerprint density at radius 1 is 1.40 bits per heavy atom. The van der Waals surface area contributed by atoms with Crippen molar-refractivity contribution in [2.24, 2.45) is 0 Å². The zero-order valence-corrected chi connectivity index (χ0v) is 7.06. The first-order valence-corrected chi connectivity index (χ1v) is 4.19. The summed E-state index contributed by atoms with van der Waals surface area (Å²) in [6.07, 6.45) is 5.66. The van der Waals surface area contributed by atoms with Gasteiger partial charge < -0.3 is 5.32 Å². The van der Waals surface area contributed by atoms with Crippen molar-refractivity contribution in [1.29, 1.82) is 0 Å². The molecule has 0 aliphatic heterocycles. The SMILES string of the molecule is CNCN(C)C1CCCC1. The second kappa shape index (κ2) is 3.94. The molecule has 0 aromatic rings. The maximum atomic E-state index is 3.17. The molecule has 1 fully saturated rings. The highest BCUT2D eigenvalue weighted by atomic mass is 15.2. The Labute approximate surface area is 63.6 Å². The minimum Gasteiger partial charge on any atom is -0.307 e. The maximum Gasteiger partial charge on any atom is 0.0477 e. The molecule has 0 saturated heterocycles. The molecule has 0 spiro atoms. The van der Waals surface area contributed by atoms with Gasteiger partial charge in [0.05, 0.1) is 0 Å². The van der Waals surface area contributed by atoms with Crippen LogP contribution in [0, 0.1) is 0 Å². The Morgan fingerprint density at radius 3 is 2.50 bits per heavy atom. The Hall–Kier alpha value is -0.0800. The van der Waals surface area contributed by atoms with Gasteiger partial charge in [-0.2, -0.15) is 0 Å². The highest BCUT2D eigenvalue weighted by Crippen LogP contribution is 2.21. The summed E-state index contributed by atoms with van der Waals surface area (Å²) in [6.45, 7) is 1.03. The van der Waals surface area contributed by atoms with Crippen molar-refractivity contribution >= 4 is 0 Å². The molecule has 60 valence electrons. The molecule has 1 aliphatic carbocycles. The largest absolute Gasteiger partial charge is 0.307 e. The first-order valence-electron chi connectivity index (χ1n) is 4.19. The van der Waals surface area contributed by atoms with E-state index in [0.717, 1.165) is 12.7 Å². The molecule has 2 nitrogen and oxygen atoms in total. The Morgan fingerprint density at radius 2 is 2.00 bits per heavy atom. The second-order valence-electron chi connectivity index (χ2n) is 3.21. The van der Waals surface area contributed by atoms with Crippen molar-refractivity contribution in [1.82, 2.24) is 10.2 Å². The van der Waals surface area contributed by atoms with Crippen LogP contribution in [0.15, 0.2) is 0 Å². The van der Waals surface area contributed by atoms with Crippen LogP contribution in [0.5, 0.6) is 0 Å². The van der Waals surface area contributed by atoms with E-state index in [0.29, 0.717) is 0 Å². The third kappa shape index (κ3) is 1.96. The number of nitrogens with zero attached hydrogens (tertiary/aromatic N) is 1. The molecule has 1 saturated carbocycles. The van der Waals surface area contributed by atoms with Gasteiger partial charge in [0.1, 0.15) is 0 Å². The number of rotatable bonds is 3. The van der Waals surface area contributed by atoms with Crippen LogP contribution in [-0.4, -0.2) is 31.7 Å². The van der Waals surface area contributed by atoms with Crippen molar-refractivity contribution in [3.8, 4) is 0 Å². The van der Waals surface area contributed by atoms with Gasteiger partial charge in [-0.25, -0.2) is 0 Å². The number of nitrogens with one attached hydrogen (secondary N) is 1. The van der Waals surface area contributed by atoms with E-state index in [4.69, 9.17) is 0 Å². The van der Waals surface area contributed by atoms with Crippen molar-refractivity contribution in [3.63, 3.8) is 0 Å². The van der Waals surface area contributed by atoms with E-state index >= 15 is 0 Å². The van der Waals surface area contributed by atoms with Gasteiger partial charge in [-0.15, -0.1) is 0 Å². The molecular weight excluding hydrogens is 124 g/mol. The minimum absolute atomic E-state index is 0.854. The molecule has 0 amide bonds. The van der Waals surface area contributed by atoms with Gasteiger partial charge in [-0.3, -0.25) is 4.90 Å². The summed E-state index contributed by atoms with van der Waals surface area (Å²) in [5, 5.41) is 3.17. The lowest BCUT2D eigenvalue weighted by Gasteiger charge is -2.22. The summed E-state index contributed by atoms with van der Waals surface area (Å²) in [5.74, 6) is 0. The van der Waals surface area contributed by atoms with Gasteiger partial charge in [0.25, 0.3) is 0 Å². The van der Waals surface area contributed by atoms with Gasteiger partial charge in [0, 0.05) is 12.7 Å². The molecule has 1 rings (SSSR count). The molecule has 0 radical (unpaired) electrons. The Bertz CT molecular complexity index is 87.3. The lowest BCUT2D eigenvalue weighted by Crippen LogP contribution is -2.35. The van der Waals surface area contributed by atoms with Crippen molar-refractivity contribution in [3.05, 3.63) is 0 Å². The highest BCUT2D eigenvalue weighted by molar-refractivity contribution is 4.74. The summed E-state index contributed by atoms with van der Waals surface area (Å²) < 4.78 is 0. The normalized spacial score (nSPS) is 20.7. The average Bonchev–Trinajstić information content (AvgIpc) is 2.38. The summed E-state index contributed by atoms with van der Waals surface area (Å²) in [6, 6.07) is 0.854. The fraction of sp³-hybridized carbons (Fsp3) is 1.00. The summed E-state index contributed by atoms with van der Waals surface area (Å²) >= 11 is 0. The minimum atomic E-state index is 0.854. The zero-order chi connectivity index (χ0) is 7.40. The summed E-state index contributed by atoms with van der Waals surface area (Å²) in [4.78, 5) is 2.41. The fourth-order valence-electron chi connectivity index (χ4n) is 1.72. The molecule has 0 unspecified atom stereocenters. The molecule has 0 atom stereocenters. The molecule has 0 bridgehead atoms. The van der Waals surface area contributed by atoms with Crippen LogP contribution in [0.3, 0.4) is 0 Å². The van der Waals surface area contributed by atoms with Crippen LogP contribution in [0.2, 0.25) is 0 Å². The Balaban J connectivity index is 2.18. The topological polar surface area (TPSA) is 15.3 Å². The Kier molecular flexibility index (Phi) is 3.16. The second-order valence-corrected chi connectivity index (χ2v) is 3.21. The molecule has 0 aromatic carbocycles. The number of hydrogen-bond donors (Lipinski definition) is 1. The zero-order valence-electron chi connectivity index (χ0n) is 7.06. The van der Waals surface area contributed by atoms with E-state index < -0.39 is 0 Å². The number of hydrogen-bond acceptors (Lipinski definition) is 2. The van der Waals surface area contributed by atoms with E-state index in [-0.39, 0.29) is 0 Å². The van der Waals surface area contributed by atoms with Crippen LogP contribution in [0.25, 0.3) is 0 Å². The first kappa shape index (κ1) is 8.02. The van der Waals surface area contributed by atoms with Gasteiger partial charge in [-0.1, -0.05) is 12.8 Å². The van der Waals surface area contributed by atoms with E-state index in [2.05, 4.69) is 17.3 Å². The molecule has 1 N–H and O–H groups in total. The monoisotopic (exact) mass is 142 g/mol. The van der Waals surface area contributed by atoms with Crippen molar-refractivity contribution < 1.29 is 0 Å². The quantitative estimate of drug-likeness (QED) is 0.592. The smallest absolute Gasteiger partial charge is 0.0477 e. The highest BCUT2D eigenvalue weighted by Gasteiger charge is 2.18. The molecule has 2 heteroatoms. The average molecular weight is 142 g/mol. The molecule has 10 heavy (non-hydrogen) atoms. The van der Waals surface area contributed by atoms with Gasteiger partial charge in [0.2, 0.25) is 0 Å².